The predicted octanol–water partition coefficient (Wildman–Crippen LogP) is 4.40. The van der Waals surface area contributed by atoms with Crippen LogP contribution in [0.4, 0.5) is 0 Å². The van der Waals surface area contributed by atoms with Crippen LogP contribution < -0.4 is 0 Å². The summed E-state index contributed by atoms with van der Waals surface area (Å²) in [5.74, 6) is 1.55. The summed E-state index contributed by atoms with van der Waals surface area (Å²) in [7, 11) is 0. The maximum absolute atomic E-state index is 6.79. The minimum Gasteiger partial charge on any atom is -0.364 e. The molecular weight excluding hydrogens is 258 g/mol. The number of hydrogen-bond acceptors (Lipinski definition) is 2. The molecule has 3 aliphatic rings. The molecule has 0 amide bonds. The van der Waals surface area contributed by atoms with Crippen LogP contribution >= 0.6 is 0 Å². The summed E-state index contributed by atoms with van der Waals surface area (Å²) in [5, 5.41) is 0. The summed E-state index contributed by atoms with van der Waals surface area (Å²) in [5.41, 5.74) is 1.83. The van der Waals surface area contributed by atoms with E-state index in [2.05, 4.69) is 38.7 Å². The van der Waals surface area contributed by atoms with Gasteiger partial charge in [0.2, 0.25) is 0 Å². The number of nitrogens with zero attached hydrogens (tertiary/aromatic N) is 1. The van der Waals surface area contributed by atoms with Crippen LogP contribution in [0.3, 0.4) is 0 Å². The van der Waals surface area contributed by atoms with E-state index in [-0.39, 0.29) is 11.2 Å². The van der Waals surface area contributed by atoms with Gasteiger partial charge in [-0.3, -0.25) is 0 Å². The van der Waals surface area contributed by atoms with Gasteiger partial charge >= 0.3 is 0 Å². The molecular formula is C19H33NO. The van der Waals surface area contributed by atoms with Crippen molar-refractivity contribution < 1.29 is 4.74 Å². The molecule has 2 nitrogen and oxygen atoms in total. The lowest BCUT2D eigenvalue weighted by molar-refractivity contribution is -0.0980. The van der Waals surface area contributed by atoms with Gasteiger partial charge in [0.05, 0.1) is 11.2 Å². The van der Waals surface area contributed by atoms with E-state index in [1.165, 1.54) is 45.1 Å². The maximum atomic E-state index is 6.79. The van der Waals surface area contributed by atoms with Gasteiger partial charge < -0.3 is 9.64 Å². The van der Waals surface area contributed by atoms with E-state index in [9.17, 15) is 0 Å². The van der Waals surface area contributed by atoms with Crippen LogP contribution in [0.15, 0.2) is 11.6 Å². The number of hydrogen-bond donors (Lipinski definition) is 0. The summed E-state index contributed by atoms with van der Waals surface area (Å²) in [6, 6.07) is 0. The van der Waals surface area contributed by atoms with Crippen LogP contribution in [0.5, 0.6) is 0 Å². The molecule has 0 N–H and O–H groups in total. The molecule has 3 atom stereocenters. The van der Waals surface area contributed by atoms with Crippen molar-refractivity contribution in [3.63, 3.8) is 0 Å². The van der Waals surface area contributed by atoms with E-state index in [1.54, 1.807) is 5.57 Å². The van der Waals surface area contributed by atoms with Crippen LogP contribution in [-0.4, -0.2) is 35.7 Å². The largest absolute Gasteiger partial charge is 0.364 e. The number of ether oxygens (including phenoxy) is 1. The second-order valence-electron chi connectivity index (χ2n) is 7.85. The normalized spacial score (nSPS) is 37.5. The van der Waals surface area contributed by atoms with Crippen LogP contribution in [0.1, 0.15) is 66.2 Å². The van der Waals surface area contributed by atoms with E-state index >= 15 is 0 Å². The average molecular weight is 291 g/mol. The molecule has 1 saturated carbocycles. The number of rotatable bonds is 5. The molecule has 21 heavy (non-hydrogen) atoms. The zero-order valence-corrected chi connectivity index (χ0v) is 14.5. The van der Waals surface area contributed by atoms with Gasteiger partial charge in [-0.15, -0.1) is 0 Å². The molecule has 2 aliphatic carbocycles. The lowest BCUT2D eigenvalue weighted by Gasteiger charge is -2.45. The maximum Gasteiger partial charge on any atom is 0.0931 e. The van der Waals surface area contributed by atoms with Crippen LogP contribution in [-0.2, 0) is 4.74 Å². The summed E-state index contributed by atoms with van der Waals surface area (Å²) in [4.78, 5) is 2.54. The van der Waals surface area contributed by atoms with Gasteiger partial charge in [0, 0.05) is 6.54 Å². The highest BCUT2D eigenvalue weighted by atomic mass is 16.5. The summed E-state index contributed by atoms with van der Waals surface area (Å²) in [6.45, 7) is 12.7. The quantitative estimate of drug-likeness (QED) is 0.696. The monoisotopic (exact) mass is 291 g/mol. The molecule has 2 bridgehead atoms. The Balaban J connectivity index is 1.79. The Kier molecular flexibility index (Phi) is 4.22. The van der Waals surface area contributed by atoms with Gasteiger partial charge in [-0.05, 0) is 82.9 Å². The van der Waals surface area contributed by atoms with Crippen molar-refractivity contribution in [1.82, 2.24) is 4.90 Å². The standard InChI is InChI=1S/C19H33NO/c1-5-20(6-2)13-12-16-9-7-8-15-10-11-17-14-19(15,16)21-18(17,3)4/h9,15,17H,5-8,10-14H2,1-4H3. The third-order valence-electron chi connectivity index (χ3n) is 6.54. The number of allylic oxidation sites excluding steroid dienone is 1. The molecule has 0 radical (unpaired) electrons. The Labute approximate surface area is 130 Å². The van der Waals surface area contributed by atoms with Gasteiger partial charge in [-0.2, -0.15) is 0 Å². The summed E-state index contributed by atoms with van der Waals surface area (Å²) < 4.78 is 6.79. The van der Waals surface area contributed by atoms with Crippen LogP contribution in [0.25, 0.3) is 0 Å². The van der Waals surface area contributed by atoms with Crippen molar-refractivity contribution >= 4 is 0 Å². The lowest BCUT2D eigenvalue weighted by atomic mass is 9.63. The van der Waals surface area contributed by atoms with Crippen molar-refractivity contribution in [3.05, 3.63) is 11.6 Å². The van der Waals surface area contributed by atoms with Gasteiger partial charge in [0.25, 0.3) is 0 Å². The Hall–Kier alpha value is -0.340. The van der Waals surface area contributed by atoms with Crippen LogP contribution in [0, 0.1) is 11.8 Å². The van der Waals surface area contributed by atoms with Gasteiger partial charge in [-0.1, -0.05) is 19.9 Å². The smallest absolute Gasteiger partial charge is 0.0931 e. The van der Waals surface area contributed by atoms with E-state index in [1.807, 2.05) is 0 Å². The third kappa shape index (κ3) is 2.59. The second-order valence-corrected chi connectivity index (χ2v) is 7.85. The molecule has 0 aromatic heterocycles. The second kappa shape index (κ2) is 5.70. The Morgan fingerprint density at radius 3 is 2.57 bits per heavy atom. The fourth-order valence-corrected chi connectivity index (χ4v) is 5.14. The Morgan fingerprint density at radius 1 is 1.14 bits per heavy atom. The van der Waals surface area contributed by atoms with Crippen LogP contribution in [0.2, 0.25) is 0 Å². The van der Waals surface area contributed by atoms with Gasteiger partial charge in [0.15, 0.2) is 0 Å². The molecule has 2 heteroatoms. The van der Waals surface area contributed by atoms with Gasteiger partial charge in [-0.25, -0.2) is 0 Å². The van der Waals surface area contributed by atoms with Crippen molar-refractivity contribution in [2.45, 2.75) is 77.4 Å². The Morgan fingerprint density at radius 2 is 1.86 bits per heavy atom. The van der Waals surface area contributed by atoms with Crippen molar-refractivity contribution in [2.24, 2.45) is 11.8 Å². The zero-order chi connectivity index (χ0) is 15.1. The highest BCUT2D eigenvalue weighted by Gasteiger charge is 2.59. The fraction of sp³-hybridized carbons (Fsp3) is 0.895. The van der Waals surface area contributed by atoms with E-state index in [0.29, 0.717) is 0 Å². The third-order valence-corrected chi connectivity index (χ3v) is 6.54. The first kappa shape index (κ1) is 15.6. The zero-order valence-electron chi connectivity index (χ0n) is 14.5. The molecule has 0 aromatic carbocycles. The van der Waals surface area contributed by atoms with Crippen molar-refractivity contribution in [2.75, 3.05) is 19.6 Å². The first-order valence-electron chi connectivity index (χ1n) is 9.14. The van der Waals surface area contributed by atoms with Crippen molar-refractivity contribution in [3.8, 4) is 0 Å². The summed E-state index contributed by atoms with van der Waals surface area (Å²) in [6.07, 6.45) is 10.4. The SMILES string of the molecule is CCN(CC)CCC1=CCCC2CCC3CC12OC3(C)C. The molecule has 1 spiro atoms. The molecule has 1 heterocycles. The van der Waals surface area contributed by atoms with Gasteiger partial charge in [0.1, 0.15) is 0 Å². The minimum absolute atomic E-state index is 0.0837. The Bertz CT molecular complexity index is 410. The molecule has 120 valence electrons. The molecule has 3 rings (SSSR count). The highest BCUT2D eigenvalue weighted by Crippen LogP contribution is 2.59. The minimum atomic E-state index is 0.0837. The molecule has 2 fully saturated rings. The van der Waals surface area contributed by atoms with E-state index in [0.717, 1.165) is 24.9 Å². The van der Waals surface area contributed by atoms with E-state index < -0.39 is 0 Å². The lowest BCUT2D eigenvalue weighted by Crippen LogP contribution is -2.44. The predicted molar refractivity (Wildman–Crippen MR) is 88.4 cm³/mol. The molecule has 0 aromatic rings. The molecule has 3 unspecified atom stereocenters. The number of fused-ring (bicyclic) bond motifs is 1. The topological polar surface area (TPSA) is 12.5 Å². The molecule has 1 saturated heterocycles. The first-order chi connectivity index (χ1) is 10.0. The summed E-state index contributed by atoms with van der Waals surface area (Å²) >= 11 is 0. The fourth-order valence-electron chi connectivity index (χ4n) is 5.14. The average Bonchev–Trinajstić information content (AvgIpc) is 2.67. The first-order valence-corrected chi connectivity index (χ1v) is 9.14. The van der Waals surface area contributed by atoms with E-state index in [4.69, 9.17) is 4.74 Å². The highest BCUT2D eigenvalue weighted by molar-refractivity contribution is 5.28. The van der Waals surface area contributed by atoms with Crippen molar-refractivity contribution in [1.29, 1.82) is 0 Å². The molecule has 1 aliphatic heterocycles.